The van der Waals surface area contributed by atoms with E-state index in [0.717, 1.165) is 18.4 Å². The second-order valence-electron chi connectivity index (χ2n) is 5.23. The normalized spacial score (nSPS) is 10.8. The monoisotopic (exact) mass is 371 g/mol. The minimum atomic E-state index is -0.295. The van der Waals surface area contributed by atoms with Crippen LogP contribution in [-0.4, -0.2) is 36.5 Å². The SMILES string of the molecule is CCCCN(CCC(=O)OCC)C(=O)/C=C/c1ccc(Cl)cc1Cl. The third-order valence-corrected chi connectivity index (χ3v) is 3.91. The minimum Gasteiger partial charge on any atom is -0.466 e. The van der Waals surface area contributed by atoms with E-state index >= 15 is 0 Å². The molecule has 0 aliphatic rings. The average Bonchev–Trinajstić information content (AvgIpc) is 2.54. The number of halogens is 2. The van der Waals surface area contributed by atoms with Gasteiger partial charge in [0.15, 0.2) is 0 Å². The van der Waals surface area contributed by atoms with Crippen LogP contribution >= 0.6 is 23.2 Å². The molecular weight excluding hydrogens is 349 g/mol. The lowest BCUT2D eigenvalue weighted by molar-refractivity contribution is -0.143. The molecule has 0 heterocycles. The van der Waals surface area contributed by atoms with Crippen LogP contribution < -0.4 is 0 Å². The summed E-state index contributed by atoms with van der Waals surface area (Å²) in [4.78, 5) is 25.5. The fraction of sp³-hybridized carbons (Fsp3) is 0.444. The summed E-state index contributed by atoms with van der Waals surface area (Å²) >= 11 is 11.9. The molecule has 6 heteroatoms. The van der Waals surface area contributed by atoms with Crippen LogP contribution in [0.15, 0.2) is 24.3 Å². The molecule has 0 atom stereocenters. The maximum absolute atomic E-state index is 12.4. The fourth-order valence-electron chi connectivity index (χ4n) is 2.04. The highest BCUT2D eigenvalue weighted by molar-refractivity contribution is 6.35. The highest BCUT2D eigenvalue weighted by Gasteiger charge is 2.13. The number of carbonyl (C=O) groups is 2. The molecule has 0 unspecified atom stereocenters. The van der Waals surface area contributed by atoms with Crippen molar-refractivity contribution in [1.82, 2.24) is 4.90 Å². The van der Waals surface area contributed by atoms with E-state index in [0.29, 0.717) is 29.7 Å². The van der Waals surface area contributed by atoms with Crippen LogP contribution in [0, 0.1) is 0 Å². The Morgan fingerprint density at radius 1 is 1.21 bits per heavy atom. The lowest BCUT2D eigenvalue weighted by Crippen LogP contribution is -2.32. The van der Waals surface area contributed by atoms with Gasteiger partial charge in [0.1, 0.15) is 0 Å². The Bertz CT molecular complexity index is 588. The molecule has 0 N–H and O–H groups in total. The maximum atomic E-state index is 12.4. The summed E-state index contributed by atoms with van der Waals surface area (Å²) in [5.41, 5.74) is 0.718. The molecule has 24 heavy (non-hydrogen) atoms. The zero-order valence-electron chi connectivity index (χ0n) is 14.1. The van der Waals surface area contributed by atoms with E-state index in [4.69, 9.17) is 27.9 Å². The summed E-state index contributed by atoms with van der Waals surface area (Å²) in [5.74, 6) is -0.449. The molecule has 0 aliphatic carbocycles. The molecule has 0 aromatic heterocycles. The van der Waals surface area contributed by atoms with Crippen molar-refractivity contribution in [3.63, 3.8) is 0 Å². The van der Waals surface area contributed by atoms with Crippen molar-refractivity contribution in [2.45, 2.75) is 33.1 Å². The van der Waals surface area contributed by atoms with Gasteiger partial charge in [-0.25, -0.2) is 0 Å². The average molecular weight is 372 g/mol. The summed E-state index contributed by atoms with van der Waals surface area (Å²) < 4.78 is 4.91. The number of amides is 1. The van der Waals surface area contributed by atoms with E-state index in [1.165, 1.54) is 6.08 Å². The second kappa shape index (κ2) is 11.1. The quantitative estimate of drug-likeness (QED) is 0.471. The number of hydrogen-bond donors (Lipinski definition) is 0. The predicted octanol–water partition coefficient (Wildman–Crippen LogP) is 4.59. The van der Waals surface area contributed by atoms with Gasteiger partial charge in [0.2, 0.25) is 5.91 Å². The van der Waals surface area contributed by atoms with Crippen LogP contribution in [0.1, 0.15) is 38.7 Å². The van der Waals surface area contributed by atoms with Crippen LogP contribution in [-0.2, 0) is 14.3 Å². The van der Waals surface area contributed by atoms with Crippen molar-refractivity contribution in [3.05, 3.63) is 39.9 Å². The Morgan fingerprint density at radius 2 is 1.96 bits per heavy atom. The Morgan fingerprint density at radius 3 is 2.58 bits per heavy atom. The first kappa shape index (κ1) is 20.5. The number of carbonyl (C=O) groups excluding carboxylic acids is 2. The van der Waals surface area contributed by atoms with E-state index in [9.17, 15) is 9.59 Å². The van der Waals surface area contributed by atoms with E-state index in [1.54, 1.807) is 36.1 Å². The third kappa shape index (κ3) is 7.37. The number of unbranched alkanes of at least 4 members (excludes halogenated alkanes) is 1. The molecule has 4 nitrogen and oxygen atoms in total. The topological polar surface area (TPSA) is 46.6 Å². The van der Waals surface area contributed by atoms with Crippen LogP contribution in [0.4, 0.5) is 0 Å². The smallest absolute Gasteiger partial charge is 0.307 e. The maximum Gasteiger partial charge on any atom is 0.307 e. The third-order valence-electron chi connectivity index (χ3n) is 3.35. The summed E-state index contributed by atoms with van der Waals surface area (Å²) in [6, 6.07) is 5.10. The summed E-state index contributed by atoms with van der Waals surface area (Å²) in [6.07, 6.45) is 5.17. The van der Waals surface area contributed by atoms with Gasteiger partial charge in [-0.2, -0.15) is 0 Å². The van der Waals surface area contributed by atoms with Crippen LogP contribution in [0.2, 0.25) is 10.0 Å². The Balaban J connectivity index is 2.71. The van der Waals surface area contributed by atoms with Crippen molar-refractivity contribution in [1.29, 1.82) is 0 Å². The van der Waals surface area contributed by atoms with Crippen molar-refractivity contribution in [3.8, 4) is 0 Å². The standard InChI is InChI=1S/C18H23Cl2NO3/c1-3-5-11-21(12-10-18(23)24-4-2)17(22)9-7-14-6-8-15(19)13-16(14)20/h6-9,13H,3-5,10-12H2,1-2H3/b9-7+. The zero-order valence-corrected chi connectivity index (χ0v) is 15.6. The van der Waals surface area contributed by atoms with Gasteiger partial charge in [0.05, 0.1) is 13.0 Å². The molecular formula is C18H23Cl2NO3. The molecule has 1 rings (SSSR count). The van der Waals surface area contributed by atoms with Crippen LogP contribution in [0.5, 0.6) is 0 Å². The van der Waals surface area contributed by atoms with Crippen molar-refractivity contribution >= 4 is 41.2 Å². The summed E-state index contributed by atoms with van der Waals surface area (Å²) in [6.45, 7) is 5.11. The van der Waals surface area contributed by atoms with E-state index in [-0.39, 0.29) is 18.3 Å². The Hall–Kier alpha value is -1.52. The van der Waals surface area contributed by atoms with Gasteiger partial charge >= 0.3 is 5.97 Å². The van der Waals surface area contributed by atoms with Gasteiger partial charge in [-0.1, -0.05) is 42.6 Å². The predicted molar refractivity (Wildman–Crippen MR) is 98.2 cm³/mol. The second-order valence-corrected chi connectivity index (χ2v) is 6.08. The highest BCUT2D eigenvalue weighted by atomic mass is 35.5. The lowest BCUT2D eigenvalue weighted by Gasteiger charge is -2.20. The number of esters is 1. The Labute approximate surface area is 153 Å². The molecule has 0 saturated carbocycles. The van der Waals surface area contributed by atoms with Gasteiger partial charge in [0.25, 0.3) is 0 Å². The first-order valence-electron chi connectivity index (χ1n) is 8.05. The molecule has 1 amide bonds. The van der Waals surface area contributed by atoms with Crippen LogP contribution in [0.25, 0.3) is 6.08 Å². The van der Waals surface area contributed by atoms with Crippen molar-refractivity contribution < 1.29 is 14.3 Å². The van der Waals surface area contributed by atoms with Crippen molar-refractivity contribution in [2.75, 3.05) is 19.7 Å². The molecule has 1 aromatic carbocycles. The van der Waals surface area contributed by atoms with E-state index < -0.39 is 0 Å². The first-order valence-corrected chi connectivity index (χ1v) is 8.81. The van der Waals surface area contributed by atoms with Gasteiger partial charge in [-0.3, -0.25) is 9.59 Å². The number of hydrogen-bond acceptors (Lipinski definition) is 3. The van der Waals surface area contributed by atoms with Gasteiger partial charge in [-0.15, -0.1) is 0 Å². The summed E-state index contributed by atoms with van der Waals surface area (Å²) in [7, 11) is 0. The van der Waals surface area contributed by atoms with Gasteiger partial charge in [-0.05, 0) is 37.1 Å². The van der Waals surface area contributed by atoms with Crippen molar-refractivity contribution in [2.24, 2.45) is 0 Å². The zero-order chi connectivity index (χ0) is 17.9. The molecule has 1 aromatic rings. The van der Waals surface area contributed by atoms with Crippen LogP contribution in [0.3, 0.4) is 0 Å². The number of benzene rings is 1. The lowest BCUT2D eigenvalue weighted by atomic mass is 10.2. The van der Waals surface area contributed by atoms with E-state index in [2.05, 4.69) is 6.92 Å². The number of rotatable bonds is 9. The van der Waals surface area contributed by atoms with Gasteiger partial charge < -0.3 is 9.64 Å². The molecule has 0 fully saturated rings. The number of nitrogens with zero attached hydrogens (tertiary/aromatic N) is 1. The molecule has 0 saturated heterocycles. The fourth-order valence-corrected chi connectivity index (χ4v) is 2.52. The largest absolute Gasteiger partial charge is 0.466 e. The molecule has 132 valence electrons. The summed E-state index contributed by atoms with van der Waals surface area (Å²) in [5, 5.41) is 1.03. The molecule has 0 aliphatic heterocycles. The van der Waals surface area contributed by atoms with Gasteiger partial charge in [0, 0.05) is 29.2 Å². The molecule has 0 radical (unpaired) electrons. The molecule has 0 bridgehead atoms. The first-order chi connectivity index (χ1) is 11.5. The molecule has 0 spiro atoms. The Kier molecular flexibility index (Phi) is 9.50. The highest BCUT2D eigenvalue weighted by Crippen LogP contribution is 2.22. The minimum absolute atomic E-state index is 0.154. The number of ether oxygens (including phenoxy) is 1. The van der Waals surface area contributed by atoms with E-state index in [1.807, 2.05) is 0 Å².